The van der Waals surface area contributed by atoms with Gasteiger partial charge in [-0.25, -0.2) is 4.39 Å². The zero-order valence-corrected chi connectivity index (χ0v) is 11.5. The van der Waals surface area contributed by atoms with Crippen LogP contribution < -0.4 is 5.32 Å². The molecule has 1 aromatic heterocycles. The van der Waals surface area contributed by atoms with Gasteiger partial charge in [0.15, 0.2) is 0 Å². The van der Waals surface area contributed by atoms with Crippen molar-refractivity contribution in [3.05, 3.63) is 29.8 Å². The van der Waals surface area contributed by atoms with E-state index in [2.05, 4.69) is 31.1 Å². The zero-order valence-electron chi connectivity index (χ0n) is 11.5. The fourth-order valence-electron chi connectivity index (χ4n) is 3.30. The average molecular weight is 250 g/mol. The summed E-state index contributed by atoms with van der Waals surface area (Å²) in [7, 11) is 0. The molecule has 2 nitrogen and oxygen atoms in total. The summed E-state index contributed by atoms with van der Waals surface area (Å²) in [5.41, 5.74) is 1.05. The first-order valence-corrected chi connectivity index (χ1v) is 6.89. The second-order valence-corrected chi connectivity index (χ2v) is 5.92. The Balaban J connectivity index is 2.31. The molecule has 1 aliphatic carbocycles. The molecule has 1 N–H and O–H groups in total. The van der Waals surface area contributed by atoms with Gasteiger partial charge in [0, 0.05) is 17.8 Å². The van der Waals surface area contributed by atoms with Crippen molar-refractivity contribution in [3.63, 3.8) is 0 Å². The third-order valence-electron chi connectivity index (χ3n) is 4.31. The largest absolute Gasteiger partial charge is 0.310 e. The summed E-state index contributed by atoms with van der Waals surface area (Å²) in [5, 5.41) is 3.47. The number of aromatic nitrogens is 1. The molecule has 0 saturated heterocycles. The number of nitrogens with zero attached hydrogens (tertiary/aromatic N) is 1. The second-order valence-electron chi connectivity index (χ2n) is 5.92. The Morgan fingerprint density at radius 2 is 2.33 bits per heavy atom. The van der Waals surface area contributed by atoms with Gasteiger partial charge in [-0.1, -0.05) is 27.2 Å². The molecule has 1 fully saturated rings. The van der Waals surface area contributed by atoms with E-state index in [-0.39, 0.29) is 17.3 Å². The van der Waals surface area contributed by atoms with Crippen molar-refractivity contribution in [3.8, 4) is 0 Å². The minimum atomic E-state index is -0.189. The van der Waals surface area contributed by atoms with E-state index < -0.39 is 0 Å². The SMILES string of the molecule is CCNC(c1ccncc1F)C1CCCC1(C)C. The van der Waals surface area contributed by atoms with Gasteiger partial charge in [-0.05, 0) is 36.8 Å². The first kappa shape index (κ1) is 13.5. The highest BCUT2D eigenvalue weighted by Gasteiger charge is 2.40. The molecule has 0 amide bonds. The number of pyridine rings is 1. The van der Waals surface area contributed by atoms with E-state index in [0.717, 1.165) is 12.1 Å². The number of hydrogen-bond acceptors (Lipinski definition) is 2. The predicted molar refractivity (Wildman–Crippen MR) is 71.7 cm³/mol. The highest BCUT2D eigenvalue weighted by Crippen LogP contribution is 2.48. The van der Waals surface area contributed by atoms with Crippen molar-refractivity contribution in [1.82, 2.24) is 10.3 Å². The fourth-order valence-corrected chi connectivity index (χ4v) is 3.30. The van der Waals surface area contributed by atoms with Gasteiger partial charge in [-0.15, -0.1) is 0 Å². The van der Waals surface area contributed by atoms with Gasteiger partial charge in [0.2, 0.25) is 0 Å². The molecule has 0 aromatic carbocycles. The third kappa shape index (κ3) is 2.56. The molecule has 2 atom stereocenters. The van der Waals surface area contributed by atoms with E-state index in [1.165, 1.54) is 25.5 Å². The lowest BCUT2D eigenvalue weighted by Crippen LogP contribution is -2.34. The van der Waals surface area contributed by atoms with E-state index >= 15 is 0 Å². The van der Waals surface area contributed by atoms with Crippen molar-refractivity contribution in [1.29, 1.82) is 0 Å². The Morgan fingerprint density at radius 1 is 1.56 bits per heavy atom. The van der Waals surface area contributed by atoms with Crippen molar-refractivity contribution in [2.75, 3.05) is 6.54 Å². The summed E-state index contributed by atoms with van der Waals surface area (Å²) in [4.78, 5) is 3.85. The monoisotopic (exact) mass is 250 g/mol. The molecule has 18 heavy (non-hydrogen) atoms. The summed E-state index contributed by atoms with van der Waals surface area (Å²) in [6, 6.07) is 1.92. The molecule has 1 heterocycles. The maximum Gasteiger partial charge on any atom is 0.146 e. The van der Waals surface area contributed by atoms with E-state index in [4.69, 9.17) is 0 Å². The van der Waals surface area contributed by atoms with Gasteiger partial charge in [0.1, 0.15) is 5.82 Å². The van der Waals surface area contributed by atoms with Crippen LogP contribution >= 0.6 is 0 Å². The predicted octanol–water partition coefficient (Wildman–Crippen LogP) is 3.70. The molecule has 2 unspecified atom stereocenters. The Hall–Kier alpha value is -0.960. The Bertz CT molecular complexity index is 403. The normalized spacial score (nSPS) is 24.1. The summed E-state index contributed by atoms with van der Waals surface area (Å²) in [5.74, 6) is 0.306. The van der Waals surface area contributed by atoms with Gasteiger partial charge < -0.3 is 5.32 Å². The number of halogens is 1. The quantitative estimate of drug-likeness (QED) is 0.881. The van der Waals surface area contributed by atoms with Crippen LogP contribution in [0.25, 0.3) is 0 Å². The lowest BCUT2D eigenvalue weighted by atomic mass is 9.75. The summed E-state index contributed by atoms with van der Waals surface area (Å²) in [6.07, 6.45) is 6.65. The third-order valence-corrected chi connectivity index (χ3v) is 4.31. The van der Waals surface area contributed by atoms with Crippen LogP contribution in [0, 0.1) is 17.2 Å². The molecule has 2 rings (SSSR count). The molecule has 100 valence electrons. The first-order chi connectivity index (χ1) is 8.56. The van der Waals surface area contributed by atoms with Crippen LogP contribution in [0.3, 0.4) is 0 Å². The van der Waals surface area contributed by atoms with Crippen molar-refractivity contribution in [2.24, 2.45) is 11.3 Å². The van der Waals surface area contributed by atoms with Crippen LogP contribution in [-0.4, -0.2) is 11.5 Å². The molecule has 0 spiro atoms. The van der Waals surface area contributed by atoms with Crippen LogP contribution in [0.2, 0.25) is 0 Å². The minimum absolute atomic E-state index is 0.107. The molecule has 1 saturated carbocycles. The van der Waals surface area contributed by atoms with Gasteiger partial charge in [-0.3, -0.25) is 4.98 Å². The Labute approximate surface area is 109 Å². The Morgan fingerprint density at radius 3 is 2.89 bits per heavy atom. The summed E-state index contributed by atoms with van der Waals surface area (Å²) < 4.78 is 14.0. The van der Waals surface area contributed by atoms with Crippen LogP contribution in [-0.2, 0) is 0 Å². The summed E-state index contributed by atoms with van der Waals surface area (Å²) >= 11 is 0. The molecule has 1 aromatic rings. The highest BCUT2D eigenvalue weighted by atomic mass is 19.1. The zero-order chi connectivity index (χ0) is 13.2. The Kier molecular flexibility index (Phi) is 4.00. The standard InChI is InChI=1S/C15H23FN2/c1-4-18-14(11-7-9-17-10-13(11)16)12-6-5-8-15(12,2)3/h7,9-10,12,14,18H,4-6,8H2,1-3H3. The van der Waals surface area contributed by atoms with Gasteiger partial charge in [-0.2, -0.15) is 0 Å². The van der Waals surface area contributed by atoms with Gasteiger partial charge in [0.05, 0.1) is 6.20 Å². The van der Waals surface area contributed by atoms with E-state index in [1.807, 2.05) is 6.07 Å². The second kappa shape index (κ2) is 5.35. The maximum atomic E-state index is 14.0. The van der Waals surface area contributed by atoms with E-state index in [9.17, 15) is 4.39 Å². The van der Waals surface area contributed by atoms with Crippen molar-refractivity contribution < 1.29 is 4.39 Å². The molecule has 0 radical (unpaired) electrons. The van der Waals surface area contributed by atoms with Crippen molar-refractivity contribution >= 4 is 0 Å². The number of hydrogen-bond donors (Lipinski definition) is 1. The van der Waals surface area contributed by atoms with Crippen LogP contribution in [0.4, 0.5) is 4.39 Å². The number of nitrogens with one attached hydrogen (secondary N) is 1. The van der Waals surface area contributed by atoms with E-state index in [0.29, 0.717) is 5.92 Å². The van der Waals surface area contributed by atoms with E-state index in [1.54, 1.807) is 6.20 Å². The lowest BCUT2D eigenvalue weighted by molar-refractivity contribution is 0.196. The molecule has 1 aliphatic rings. The molecule has 0 aliphatic heterocycles. The van der Waals surface area contributed by atoms with Crippen LogP contribution in [0.5, 0.6) is 0 Å². The molecular weight excluding hydrogens is 227 g/mol. The lowest BCUT2D eigenvalue weighted by Gasteiger charge is -2.35. The molecule has 0 bridgehead atoms. The highest BCUT2D eigenvalue weighted by molar-refractivity contribution is 5.20. The smallest absolute Gasteiger partial charge is 0.146 e. The van der Waals surface area contributed by atoms with Crippen LogP contribution in [0.1, 0.15) is 51.6 Å². The molecule has 3 heteroatoms. The summed E-state index contributed by atoms with van der Waals surface area (Å²) in [6.45, 7) is 7.54. The minimum Gasteiger partial charge on any atom is -0.310 e. The average Bonchev–Trinajstić information content (AvgIpc) is 2.67. The maximum absolute atomic E-state index is 14.0. The number of rotatable bonds is 4. The van der Waals surface area contributed by atoms with Gasteiger partial charge in [0.25, 0.3) is 0 Å². The molecular formula is C15H23FN2. The topological polar surface area (TPSA) is 24.9 Å². The fraction of sp³-hybridized carbons (Fsp3) is 0.667. The van der Waals surface area contributed by atoms with Crippen molar-refractivity contribution in [2.45, 2.75) is 46.1 Å². The van der Waals surface area contributed by atoms with Gasteiger partial charge >= 0.3 is 0 Å². The first-order valence-electron chi connectivity index (χ1n) is 6.89. The van der Waals surface area contributed by atoms with Crippen LogP contribution in [0.15, 0.2) is 18.5 Å².